The fourth-order valence-corrected chi connectivity index (χ4v) is 1.50. The lowest BCUT2D eigenvalue weighted by Gasteiger charge is -1.95. The van der Waals surface area contributed by atoms with Crippen molar-refractivity contribution in [3.05, 3.63) is 57.8 Å². The van der Waals surface area contributed by atoms with E-state index in [1.54, 1.807) is 19.1 Å². The Balaban J connectivity index is 0.000000180. The van der Waals surface area contributed by atoms with Gasteiger partial charge in [0.1, 0.15) is 17.3 Å². The van der Waals surface area contributed by atoms with Crippen LogP contribution in [0.3, 0.4) is 0 Å². The second-order valence-corrected chi connectivity index (χ2v) is 4.72. The Hall–Kier alpha value is -1.55. The molecule has 96 valence electrons. The summed E-state index contributed by atoms with van der Waals surface area (Å²) in [6, 6.07) is 9.13. The Morgan fingerprint density at radius 2 is 1.39 bits per heavy atom. The molecule has 0 radical (unpaired) electrons. The van der Waals surface area contributed by atoms with E-state index in [-0.39, 0.29) is 11.6 Å². The molecule has 4 heteroatoms. The van der Waals surface area contributed by atoms with Crippen LogP contribution < -0.4 is 0 Å². The predicted molar refractivity (Wildman–Crippen MR) is 73.3 cm³/mol. The van der Waals surface area contributed by atoms with Crippen LogP contribution in [0.1, 0.15) is 11.1 Å². The second kappa shape index (κ2) is 6.40. The molecule has 2 aromatic rings. The van der Waals surface area contributed by atoms with E-state index in [9.17, 15) is 4.39 Å². The zero-order valence-corrected chi connectivity index (χ0v) is 11.7. The summed E-state index contributed by atoms with van der Waals surface area (Å²) in [7, 11) is 0. The van der Waals surface area contributed by atoms with Gasteiger partial charge in [-0.2, -0.15) is 0 Å². The number of rotatable bonds is 0. The van der Waals surface area contributed by atoms with Gasteiger partial charge in [0, 0.05) is 4.47 Å². The topological polar surface area (TPSA) is 40.5 Å². The molecule has 0 fully saturated rings. The number of aryl methyl sites for hydroxylation is 2. The van der Waals surface area contributed by atoms with Crippen LogP contribution in [0.5, 0.6) is 11.5 Å². The van der Waals surface area contributed by atoms with Gasteiger partial charge in [-0.25, -0.2) is 4.39 Å². The highest BCUT2D eigenvalue weighted by molar-refractivity contribution is 9.10. The number of aromatic hydroxyl groups is 2. The van der Waals surface area contributed by atoms with Crippen molar-refractivity contribution in [3.8, 4) is 11.5 Å². The standard InChI is InChI=1S/C7H7BrO.C7H7FO/c2*1-5-4-6(9)2-3-7(5)8/h2*2-4,9H,1H3. The fourth-order valence-electron chi connectivity index (χ4n) is 1.26. The molecule has 0 aromatic heterocycles. The minimum atomic E-state index is -0.284. The van der Waals surface area contributed by atoms with Crippen molar-refractivity contribution >= 4 is 15.9 Å². The number of hydrogen-bond donors (Lipinski definition) is 2. The maximum absolute atomic E-state index is 12.4. The summed E-state index contributed by atoms with van der Waals surface area (Å²) in [6.07, 6.45) is 0. The summed E-state index contributed by atoms with van der Waals surface area (Å²) in [5.41, 5.74) is 1.52. The lowest BCUT2D eigenvalue weighted by molar-refractivity contribution is 0.472. The number of benzene rings is 2. The summed E-state index contributed by atoms with van der Waals surface area (Å²) < 4.78 is 13.4. The van der Waals surface area contributed by atoms with Gasteiger partial charge in [0.25, 0.3) is 0 Å². The number of halogens is 2. The van der Waals surface area contributed by atoms with E-state index in [2.05, 4.69) is 15.9 Å². The molecule has 0 aliphatic rings. The zero-order chi connectivity index (χ0) is 13.7. The number of phenolic OH excluding ortho intramolecular Hbond substituents is 2. The lowest BCUT2D eigenvalue weighted by atomic mass is 10.2. The summed E-state index contributed by atoms with van der Waals surface area (Å²) in [5, 5.41) is 17.7. The van der Waals surface area contributed by atoms with Crippen LogP contribution in [0.15, 0.2) is 40.9 Å². The largest absolute Gasteiger partial charge is 0.508 e. The monoisotopic (exact) mass is 312 g/mol. The van der Waals surface area contributed by atoms with Gasteiger partial charge in [-0.05, 0) is 61.4 Å². The Morgan fingerprint density at radius 3 is 1.78 bits per heavy atom. The van der Waals surface area contributed by atoms with Crippen LogP contribution in [0.4, 0.5) is 4.39 Å². The molecular weight excluding hydrogens is 299 g/mol. The zero-order valence-electron chi connectivity index (χ0n) is 10.1. The molecule has 0 aliphatic carbocycles. The third kappa shape index (κ3) is 4.37. The van der Waals surface area contributed by atoms with Gasteiger partial charge in [0.15, 0.2) is 0 Å². The molecule has 0 saturated carbocycles. The predicted octanol–water partition coefficient (Wildman–Crippen LogP) is 4.30. The minimum Gasteiger partial charge on any atom is -0.508 e. The third-order valence-electron chi connectivity index (χ3n) is 2.28. The van der Waals surface area contributed by atoms with Crippen LogP contribution in [-0.2, 0) is 0 Å². The molecule has 0 heterocycles. The van der Waals surface area contributed by atoms with Gasteiger partial charge in [0.2, 0.25) is 0 Å². The lowest BCUT2D eigenvalue weighted by Crippen LogP contribution is -1.78. The van der Waals surface area contributed by atoms with Crippen molar-refractivity contribution < 1.29 is 14.6 Å². The van der Waals surface area contributed by atoms with Crippen molar-refractivity contribution in [3.63, 3.8) is 0 Å². The Labute approximate surface area is 114 Å². The van der Waals surface area contributed by atoms with Gasteiger partial charge in [-0.3, -0.25) is 0 Å². The van der Waals surface area contributed by atoms with E-state index in [4.69, 9.17) is 10.2 Å². The van der Waals surface area contributed by atoms with Gasteiger partial charge < -0.3 is 10.2 Å². The van der Waals surface area contributed by atoms with E-state index >= 15 is 0 Å². The molecule has 2 rings (SSSR count). The smallest absolute Gasteiger partial charge is 0.126 e. The summed E-state index contributed by atoms with van der Waals surface area (Å²) in [5.74, 6) is 0.136. The molecular formula is C14H14BrFO2. The van der Waals surface area contributed by atoms with Crippen molar-refractivity contribution in [1.82, 2.24) is 0 Å². The fraction of sp³-hybridized carbons (Fsp3) is 0.143. The first-order valence-electron chi connectivity index (χ1n) is 5.30. The molecule has 0 saturated heterocycles. The second-order valence-electron chi connectivity index (χ2n) is 3.87. The first-order valence-corrected chi connectivity index (χ1v) is 6.09. The average molecular weight is 313 g/mol. The van der Waals surface area contributed by atoms with Gasteiger partial charge in [0.05, 0.1) is 0 Å². The summed E-state index contributed by atoms with van der Waals surface area (Å²) in [6.45, 7) is 3.54. The summed E-state index contributed by atoms with van der Waals surface area (Å²) in [4.78, 5) is 0. The highest BCUT2D eigenvalue weighted by Gasteiger charge is 1.95. The van der Waals surface area contributed by atoms with Gasteiger partial charge in [-0.1, -0.05) is 15.9 Å². The highest BCUT2D eigenvalue weighted by Crippen LogP contribution is 2.19. The maximum Gasteiger partial charge on any atom is 0.126 e. The molecule has 0 amide bonds. The maximum atomic E-state index is 12.4. The van der Waals surface area contributed by atoms with Crippen LogP contribution in [0.25, 0.3) is 0 Å². The molecule has 0 aliphatic heterocycles. The van der Waals surface area contributed by atoms with Crippen molar-refractivity contribution in [2.45, 2.75) is 13.8 Å². The highest BCUT2D eigenvalue weighted by atomic mass is 79.9. The Bertz CT molecular complexity index is 492. The van der Waals surface area contributed by atoms with Crippen molar-refractivity contribution in [1.29, 1.82) is 0 Å². The van der Waals surface area contributed by atoms with Crippen molar-refractivity contribution in [2.75, 3.05) is 0 Å². The van der Waals surface area contributed by atoms with Crippen LogP contribution in [-0.4, -0.2) is 10.2 Å². The normalized spacial score (nSPS) is 9.56. The first kappa shape index (κ1) is 14.5. The Kier molecular flexibility index (Phi) is 5.16. The first-order chi connectivity index (χ1) is 8.40. The van der Waals surface area contributed by atoms with Gasteiger partial charge in [-0.15, -0.1) is 0 Å². The molecule has 0 unspecified atom stereocenters. The molecule has 0 spiro atoms. The van der Waals surface area contributed by atoms with E-state index in [0.717, 1.165) is 10.0 Å². The molecule has 2 nitrogen and oxygen atoms in total. The average Bonchev–Trinajstić information content (AvgIpc) is 2.30. The summed E-state index contributed by atoms with van der Waals surface area (Å²) >= 11 is 3.32. The third-order valence-corrected chi connectivity index (χ3v) is 3.17. The molecule has 18 heavy (non-hydrogen) atoms. The van der Waals surface area contributed by atoms with E-state index in [0.29, 0.717) is 11.3 Å². The van der Waals surface area contributed by atoms with Gasteiger partial charge >= 0.3 is 0 Å². The van der Waals surface area contributed by atoms with E-state index < -0.39 is 0 Å². The minimum absolute atomic E-state index is 0.105. The Morgan fingerprint density at radius 1 is 0.889 bits per heavy atom. The molecule has 0 atom stereocenters. The SMILES string of the molecule is Cc1cc(O)ccc1Br.Cc1cc(O)ccc1F. The van der Waals surface area contributed by atoms with Crippen molar-refractivity contribution in [2.24, 2.45) is 0 Å². The number of phenols is 2. The molecule has 2 N–H and O–H groups in total. The van der Waals surface area contributed by atoms with Crippen LogP contribution in [0, 0.1) is 19.7 Å². The van der Waals surface area contributed by atoms with E-state index in [1.807, 2.05) is 13.0 Å². The quantitative estimate of drug-likeness (QED) is 0.761. The van der Waals surface area contributed by atoms with Crippen LogP contribution in [0.2, 0.25) is 0 Å². The van der Waals surface area contributed by atoms with E-state index in [1.165, 1.54) is 18.2 Å². The van der Waals surface area contributed by atoms with Crippen LogP contribution >= 0.6 is 15.9 Å². The molecule has 2 aromatic carbocycles. The number of hydrogen-bond acceptors (Lipinski definition) is 2. The molecule has 0 bridgehead atoms.